The number of hydrogen-bond acceptors (Lipinski definition) is 3. The fourth-order valence-electron chi connectivity index (χ4n) is 1.87. The van der Waals surface area contributed by atoms with Gasteiger partial charge >= 0.3 is 0 Å². The summed E-state index contributed by atoms with van der Waals surface area (Å²) in [5, 5.41) is 4.98. The van der Waals surface area contributed by atoms with Crippen LogP contribution in [0.1, 0.15) is 31.6 Å². The van der Waals surface area contributed by atoms with Gasteiger partial charge < -0.3 is 11.1 Å². The van der Waals surface area contributed by atoms with E-state index in [-0.39, 0.29) is 24.4 Å². The Hall–Kier alpha value is -0.580. The van der Waals surface area contributed by atoms with E-state index < -0.39 is 5.41 Å². The Labute approximate surface area is 119 Å². The molecule has 1 atom stereocenters. The van der Waals surface area contributed by atoms with Crippen molar-refractivity contribution in [2.75, 3.05) is 6.54 Å². The van der Waals surface area contributed by atoms with Gasteiger partial charge in [0.2, 0.25) is 5.91 Å². The maximum absolute atomic E-state index is 12.2. The van der Waals surface area contributed by atoms with Crippen LogP contribution in [0.2, 0.25) is 0 Å². The Kier molecular flexibility index (Phi) is 5.20. The van der Waals surface area contributed by atoms with E-state index in [1.807, 2.05) is 31.4 Å². The smallest absolute Gasteiger partial charge is 0.230 e. The normalized spacial score (nSPS) is 16.8. The molecule has 1 fully saturated rings. The summed E-state index contributed by atoms with van der Waals surface area (Å²) in [5.74, 6) is 0.691. The molecule has 0 saturated heterocycles. The molecule has 2 rings (SSSR count). The van der Waals surface area contributed by atoms with Crippen LogP contribution in [0.4, 0.5) is 0 Å². The largest absolute Gasteiger partial charge is 0.354 e. The highest BCUT2D eigenvalue weighted by atomic mass is 35.5. The van der Waals surface area contributed by atoms with Crippen LogP contribution in [-0.4, -0.2) is 18.5 Å². The minimum absolute atomic E-state index is 0. The minimum Gasteiger partial charge on any atom is -0.354 e. The molecule has 1 aromatic rings. The molecular weight excluding hydrogens is 268 g/mol. The summed E-state index contributed by atoms with van der Waals surface area (Å²) in [6.07, 6.45) is 2.43. The molecular formula is C13H21ClN2OS. The van der Waals surface area contributed by atoms with Gasteiger partial charge in [0.05, 0.1) is 5.41 Å². The first-order chi connectivity index (χ1) is 8.01. The van der Waals surface area contributed by atoms with E-state index in [9.17, 15) is 4.79 Å². The molecule has 1 aliphatic rings. The second kappa shape index (κ2) is 6.04. The topological polar surface area (TPSA) is 55.1 Å². The van der Waals surface area contributed by atoms with Crippen LogP contribution in [0.3, 0.4) is 0 Å². The van der Waals surface area contributed by atoms with Crippen molar-refractivity contribution in [3.8, 4) is 0 Å². The lowest BCUT2D eigenvalue weighted by Crippen LogP contribution is -2.45. The number of carbonyl (C=O) groups is 1. The molecule has 1 saturated carbocycles. The second-order valence-corrected chi connectivity index (χ2v) is 6.26. The Balaban J connectivity index is 0.00000162. The molecule has 1 aliphatic carbocycles. The van der Waals surface area contributed by atoms with Gasteiger partial charge in [-0.1, -0.05) is 6.07 Å². The average molecular weight is 289 g/mol. The van der Waals surface area contributed by atoms with E-state index in [0.29, 0.717) is 12.5 Å². The maximum atomic E-state index is 12.2. The summed E-state index contributed by atoms with van der Waals surface area (Å²) in [4.78, 5) is 13.2. The van der Waals surface area contributed by atoms with Crippen molar-refractivity contribution in [3.63, 3.8) is 0 Å². The SMILES string of the molecule is CC(C)(C(=O)NCC(N)C1CC1)c1cccs1.Cl. The molecule has 3 N–H and O–H groups in total. The van der Waals surface area contributed by atoms with Gasteiger partial charge in [0.1, 0.15) is 0 Å². The van der Waals surface area contributed by atoms with E-state index in [4.69, 9.17) is 5.73 Å². The molecule has 0 aliphatic heterocycles. The number of nitrogens with two attached hydrogens (primary N) is 1. The highest BCUT2D eigenvalue weighted by Crippen LogP contribution is 2.31. The first-order valence-corrected chi connectivity index (χ1v) is 6.97. The third-order valence-corrected chi connectivity index (χ3v) is 4.62. The Morgan fingerprint density at radius 3 is 2.78 bits per heavy atom. The van der Waals surface area contributed by atoms with E-state index in [1.54, 1.807) is 11.3 Å². The maximum Gasteiger partial charge on any atom is 0.230 e. The highest BCUT2D eigenvalue weighted by molar-refractivity contribution is 7.10. The third-order valence-electron chi connectivity index (χ3n) is 3.43. The fourth-order valence-corrected chi connectivity index (χ4v) is 2.72. The molecule has 0 aromatic carbocycles. The van der Waals surface area contributed by atoms with Gasteiger partial charge in [-0.25, -0.2) is 0 Å². The zero-order valence-electron chi connectivity index (χ0n) is 10.8. The predicted molar refractivity (Wildman–Crippen MR) is 78.3 cm³/mol. The van der Waals surface area contributed by atoms with Crippen LogP contribution >= 0.6 is 23.7 Å². The van der Waals surface area contributed by atoms with Crippen LogP contribution < -0.4 is 11.1 Å². The summed E-state index contributed by atoms with van der Waals surface area (Å²) >= 11 is 1.62. The number of thiophene rings is 1. The monoisotopic (exact) mass is 288 g/mol. The first-order valence-electron chi connectivity index (χ1n) is 6.09. The van der Waals surface area contributed by atoms with Crippen molar-refractivity contribution in [2.24, 2.45) is 11.7 Å². The third kappa shape index (κ3) is 3.46. The molecule has 1 aromatic heterocycles. The Morgan fingerprint density at radius 2 is 2.28 bits per heavy atom. The quantitative estimate of drug-likeness (QED) is 0.873. The van der Waals surface area contributed by atoms with E-state index in [2.05, 4.69) is 5.32 Å². The zero-order chi connectivity index (χ0) is 12.5. The lowest BCUT2D eigenvalue weighted by molar-refractivity contribution is -0.125. The van der Waals surface area contributed by atoms with Crippen molar-refractivity contribution in [2.45, 2.75) is 38.1 Å². The summed E-state index contributed by atoms with van der Waals surface area (Å²) < 4.78 is 0. The molecule has 0 spiro atoms. The number of rotatable bonds is 5. The summed E-state index contributed by atoms with van der Waals surface area (Å²) in [6.45, 7) is 4.51. The van der Waals surface area contributed by atoms with Gasteiger partial charge in [-0.2, -0.15) is 0 Å². The number of halogens is 1. The standard InChI is InChI=1S/C13H20N2OS.ClH/c1-13(2,11-4-3-7-17-11)12(16)15-8-10(14)9-5-6-9;/h3-4,7,9-10H,5-6,8,14H2,1-2H3,(H,15,16);1H. The van der Waals surface area contributed by atoms with E-state index in [1.165, 1.54) is 12.8 Å². The van der Waals surface area contributed by atoms with Gasteiger partial charge in [0.15, 0.2) is 0 Å². The zero-order valence-corrected chi connectivity index (χ0v) is 12.4. The van der Waals surface area contributed by atoms with Crippen LogP contribution in [0.25, 0.3) is 0 Å². The minimum atomic E-state index is -0.461. The van der Waals surface area contributed by atoms with Crippen molar-refractivity contribution in [1.29, 1.82) is 0 Å². The summed E-state index contributed by atoms with van der Waals surface area (Å²) in [5.41, 5.74) is 5.52. The van der Waals surface area contributed by atoms with Crippen molar-refractivity contribution in [1.82, 2.24) is 5.32 Å². The molecule has 0 radical (unpaired) electrons. The molecule has 1 unspecified atom stereocenters. The lowest BCUT2D eigenvalue weighted by Gasteiger charge is -2.23. The van der Waals surface area contributed by atoms with Gasteiger partial charge in [-0.3, -0.25) is 4.79 Å². The first kappa shape index (κ1) is 15.5. The summed E-state index contributed by atoms with van der Waals surface area (Å²) in [6, 6.07) is 4.11. The fraction of sp³-hybridized carbons (Fsp3) is 0.615. The average Bonchev–Trinajstić information content (AvgIpc) is 2.99. The van der Waals surface area contributed by atoms with Crippen LogP contribution in [0.15, 0.2) is 17.5 Å². The molecule has 1 heterocycles. The number of hydrogen-bond donors (Lipinski definition) is 2. The van der Waals surface area contributed by atoms with Gasteiger partial charge in [0.25, 0.3) is 0 Å². The van der Waals surface area contributed by atoms with Crippen LogP contribution in [0, 0.1) is 5.92 Å². The second-order valence-electron chi connectivity index (χ2n) is 5.31. The van der Waals surface area contributed by atoms with Crippen molar-refractivity contribution >= 4 is 29.7 Å². The highest BCUT2D eigenvalue weighted by Gasteiger charge is 2.33. The Morgan fingerprint density at radius 1 is 1.61 bits per heavy atom. The van der Waals surface area contributed by atoms with Crippen LogP contribution in [0.5, 0.6) is 0 Å². The predicted octanol–water partition coefficient (Wildman–Crippen LogP) is 2.30. The number of carbonyl (C=O) groups excluding carboxylic acids is 1. The van der Waals surface area contributed by atoms with Gasteiger partial charge in [-0.15, -0.1) is 23.7 Å². The molecule has 1 amide bonds. The lowest BCUT2D eigenvalue weighted by atomic mass is 9.90. The van der Waals surface area contributed by atoms with Crippen LogP contribution in [-0.2, 0) is 10.2 Å². The van der Waals surface area contributed by atoms with E-state index in [0.717, 1.165) is 4.88 Å². The van der Waals surface area contributed by atoms with Crippen molar-refractivity contribution in [3.05, 3.63) is 22.4 Å². The molecule has 18 heavy (non-hydrogen) atoms. The summed E-state index contributed by atoms with van der Waals surface area (Å²) in [7, 11) is 0. The molecule has 5 heteroatoms. The number of amides is 1. The van der Waals surface area contributed by atoms with E-state index >= 15 is 0 Å². The van der Waals surface area contributed by atoms with Gasteiger partial charge in [0, 0.05) is 17.5 Å². The number of nitrogens with one attached hydrogen (secondary N) is 1. The molecule has 102 valence electrons. The Bertz CT molecular complexity index is 388. The molecule has 3 nitrogen and oxygen atoms in total. The molecule has 0 bridgehead atoms. The van der Waals surface area contributed by atoms with Gasteiger partial charge in [-0.05, 0) is 44.1 Å². The van der Waals surface area contributed by atoms with Crippen molar-refractivity contribution < 1.29 is 4.79 Å².